The highest BCUT2D eigenvalue weighted by atomic mass is 19.1. The molecule has 0 saturated heterocycles. The van der Waals surface area contributed by atoms with Crippen LogP contribution in [0.15, 0.2) is 42.7 Å². The number of ether oxygens (including phenoxy) is 1. The summed E-state index contributed by atoms with van der Waals surface area (Å²) in [4.78, 5) is 14.2. The maximum atomic E-state index is 12.7. The Hall–Kier alpha value is -2.43. The van der Waals surface area contributed by atoms with Crippen LogP contribution in [0.5, 0.6) is 5.75 Å². The smallest absolute Gasteiger partial charge is 0.449 e. The fraction of sp³-hybridized carbons (Fsp3) is 0. The molecule has 2 aromatic rings. The first-order valence-corrected chi connectivity index (χ1v) is 4.77. The summed E-state index contributed by atoms with van der Waals surface area (Å²) < 4.78 is 17.2. The Labute approximate surface area is 96.3 Å². The molecule has 0 atom stereocenters. The summed E-state index contributed by atoms with van der Waals surface area (Å²) in [6.45, 7) is 0. The van der Waals surface area contributed by atoms with Crippen molar-refractivity contribution in [3.05, 3.63) is 48.5 Å². The fourth-order valence-electron chi connectivity index (χ4n) is 1.38. The van der Waals surface area contributed by atoms with E-state index in [9.17, 15) is 9.18 Å². The van der Waals surface area contributed by atoms with Crippen molar-refractivity contribution in [2.75, 3.05) is 0 Å². The van der Waals surface area contributed by atoms with E-state index in [2.05, 4.69) is 9.72 Å². The number of hydrogen-bond acceptors (Lipinski definition) is 3. The summed E-state index contributed by atoms with van der Waals surface area (Å²) in [6, 6.07) is 7.32. The SMILES string of the molecule is O=C(O)Oc1cncc(-c2ccc(F)cc2)c1. The van der Waals surface area contributed by atoms with E-state index in [1.807, 2.05) is 0 Å². The van der Waals surface area contributed by atoms with Gasteiger partial charge < -0.3 is 9.84 Å². The van der Waals surface area contributed by atoms with E-state index in [4.69, 9.17) is 5.11 Å². The number of pyridine rings is 1. The first-order valence-electron chi connectivity index (χ1n) is 4.77. The molecule has 17 heavy (non-hydrogen) atoms. The van der Waals surface area contributed by atoms with Crippen molar-refractivity contribution in [1.29, 1.82) is 0 Å². The third-order valence-electron chi connectivity index (χ3n) is 2.10. The summed E-state index contributed by atoms with van der Waals surface area (Å²) in [5.41, 5.74) is 1.39. The van der Waals surface area contributed by atoms with Gasteiger partial charge in [-0.1, -0.05) is 12.1 Å². The zero-order valence-corrected chi connectivity index (χ0v) is 8.63. The standard InChI is InChI=1S/C12H8FNO3/c13-10-3-1-8(2-4-10)9-5-11(7-14-6-9)17-12(15)16/h1-7H,(H,15,16). The topological polar surface area (TPSA) is 59.4 Å². The van der Waals surface area contributed by atoms with Gasteiger partial charge in [0.1, 0.15) is 5.82 Å². The molecule has 0 aliphatic heterocycles. The minimum absolute atomic E-state index is 0.124. The molecule has 0 spiro atoms. The molecule has 0 radical (unpaired) electrons. The molecular weight excluding hydrogens is 225 g/mol. The molecule has 0 fully saturated rings. The lowest BCUT2D eigenvalue weighted by Gasteiger charge is -2.03. The van der Waals surface area contributed by atoms with Crippen LogP contribution in [0.25, 0.3) is 11.1 Å². The number of aromatic nitrogens is 1. The van der Waals surface area contributed by atoms with Crippen LogP contribution in [0.3, 0.4) is 0 Å². The number of carbonyl (C=O) groups is 1. The van der Waals surface area contributed by atoms with E-state index in [0.29, 0.717) is 5.56 Å². The lowest BCUT2D eigenvalue weighted by Crippen LogP contribution is -2.03. The quantitative estimate of drug-likeness (QED) is 0.810. The minimum Gasteiger partial charge on any atom is -0.449 e. The maximum absolute atomic E-state index is 12.7. The molecule has 1 aromatic carbocycles. The second-order valence-electron chi connectivity index (χ2n) is 3.28. The van der Waals surface area contributed by atoms with Gasteiger partial charge in [0.25, 0.3) is 0 Å². The Kier molecular flexibility index (Phi) is 3.00. The average Bonchev–Trinajstić information content (AvgIpc) is 2.29. The summed E-state index contributed by atoms with van der Waals surface area (Å²) in [5.74, 6) is -0.209. The summed E-state index contributed by atoms with van der Waals surface area (Å²) in [5, 5.41) is 8.47. The molecule has 4 nitrogen and oxygen atoms in total. The van der Waals surface area contributed by atoms with Gasteiger partial charge in [-0.05, 0) is 23.8 Å². The summed E-state index contributed by atoms with van der Waals surface area (Å²) in [7, 11) is 0. The molecule has 1 heterocycles. The third-order valence-corrected chi connectivity index (χ3v) is 2.10. The summed E-state index contributed by atoms with van der Waals surface area (Å²) in [6.07, 6.45) is 1.44. The number of rotatable bonds is 2. The fourth-order valence-corrected chi connectivity index (χ4v) is 1.38. The van der Waals surface area contributed by atoms with Crippen LogP contribution in [0, 0.1) is 5.82 Å². The number of halogens is 1. The third kappa shape index (κ3) is 2.78. The Morgan fingerprint density at radius 2 is 1.88 bits per heavy atom. The van der Waals surface area contributed by atoms with Crippen LogP contribution >= 0.6 is 0 Å². The van der Waals surface area contributed by atoms with Gasteiger partial charge in [-0.15, -0.1) is 0 Å². The monoisotopic (exact) mass is 233 g/mol. The van der Waals surface area contributed by atoms with Crippen LogP contribution in [0.4, 0.5) is 9.18 Å². The number of carboxylic acid groups (broad SMARTS) is 1. The number of benzene rings is 1. The molecule has 0 unspecified atom stereocenters. The molecule has 0 aliphatic rings. The normalized spacial score (nSPS) is 9.94. The molecular formula is C12H8FNO3. The predicted molar refractivity (Wildman–Crippen MR) is 58.3 cm³/mol. The highest BCUT2D eigenvalue weighted by molar-refractivity contribution is 5.66. The van der Waals surface area contributed by atoms with Crippen molar-refractivity contribution in [3.8, 4) is 16.9 Å². The van der Waals surface area contributed by atoms with Crippen molar-refractivity contribution >= 4 is 6.16 Å². The van der Waals surface area contributed by atoms with Gasteiger partial charge in [0.05, 0.1) is 6.20 Å². The second kappa shape index (κ2) is 4.61. The van der Waals surface area contributed by atoms with Crippen LogP contribution < -0.4 is 4.74 Å². The Morgan fingerprint density at radius 1 is 1.18 bits per heavy atom. The molecule has 5 heteroatoms. The van der Waals surface area contributed by atoms with Crippen LogP contribution in [0.1, 0.15) is 0 Å². The van der Waals surface area contributed by atoms with Gasteiger partial charge >= 0.3 is 6.16 Å². The van der Waals surface area contributed by atoms with Gasteiger partial charge in [0, 0.05) is 11.8 Å². The first kappa shape index (κ1) is 11.1. The molecule has 2 rings (SSSR count). The van der Waals surface area contributed by atoms with E-state index in [1.165, 1.54) is 24.4 Å². The predicted octanol–water partition coefficient (Wildman–Crippen LogP) is 2.94. The molecule has 0 saturated carbocycles. The Morgan fingerprint density at radius 3 is 2.53 bits per heavy atom. The lowest BCUT2D eigenvalue weighted by atomic mass is 10.1. The Bertz CT molecular complexity index is 540. The van der Waals surface area contributed by atoms with Crippen LogP contribution in [-0.2, 0) is 0 Å². The van der Waals surface area contributed by atoms with E-state index < -0.39 is 6.16 Å². The van der Waals surface area contributed by atoms with Gasteiger partial charge in [0.15, 0.2) is 5.75 Å². The first-order chi connectivity index (χ1) is 8.15. The average molecular weight is 233 g/mol. The van der Waals surface area contributed by atoms with Crippen molar-refractivity contribution in [2.45, 2.75) is 0 Å². The molecule has 86 valence electrons. The van der Waals surface area contributed by atoms with Crippen molar-refractivity contribution in [2.24, 2.45) is 0 Å². The molecule has 1 N–H and O–H groups in total. The largest absolute Gasteiger partial charge is 0.511 e. The zero-order chi connectivity index (χ0) is 12.3. The van der Waals surface area contributed by atoms with Gasteiger partial charge in [-0.25, -0.2) is 9.18 Å². The number of hydrogen-bond donors (Lipinski definition) is 1. The van der Waals surface area contributed by atoms with Gasteiger partial charge in [-0.2, -0.15) is 0 Å². The lowest BCUT2D eigenvalue weighted by molar-refractivity contribution is 0.144. The van der Waals surface area contributed by atoms with Gasteiger partial charge in [-0.3, -0.25) is 4.98 Å². The minimum atomic E-state index is -1.40. The number of nitrogens with zero attached hydrogens (tertiary/aromatic N) is 1. The summed E-state index contributed by atoms with van der Waals surface area (Å²) >= 11 is 0. The van der Waals surface area contributed by atoms with Crippen molar-refractivity contribution < 1.29 is 19.0 Å². The molecule has 0 amide bonds. The molecule has 0 aliphatic carbocycles. The van der Waals surface area contributed by atoms with Crippen molar-refractivity contribution in [1.82, 2.24) is 4.98 Å². The van der Waals surface area contributed by atoms with Crippen molar-refractivity contribution in [3.63, 3.8) is 0 Å². The molecule has 0 bridgehead atoms. The Balaban J connectivity index is 2.32. The van der Waals surface area contributed by atoms with E-state index in [-0.39, 0.29) is 11.6 Å². The molecule has 1 aromatic heterocycles. The van der Waals surface area contributed by atoms with Crippen LogP contribution in [-0.4, -0.2) is 16.2 Å². The maximum Gasteiger partial charge on any atom is 0.511 e. The van der Waals surface area contributed by atoms with E-state index in [1.54, 1.807) is 18.3 Å². The highest BCUT2D eigenvalue weighted by Crippen LogP contribution is 2.22. The highest BCUT2D eigenvalue weighted by Gasteiger charge is 2.04. The van der Waals surface area contributed by atoms with Gasteiger partial charge in [0.2, 0.25) is 0 Å². The second-order valence-corrected chi connectivity index (χ2v) is 3.28. The van der Waals surface area contributed by atoms with Crippen LogP contribution in [0.2, 0.25) is 0 Å². The zero-order valence-electron chi connectivity index (χ0n) is 8.63. The van der Waals surface area contributed by atoms with E-state index >= 15 is 0 Å². The van der Waals surface area contributed by atoms with E-state index in [0.717, 1.165) is 5.56 Å².